The van der Waals surface area contributed by atoms with Crippen molar-refractivity contribution in [3.63, 3.8) is 0 Å². The van der Waals surface area contributed by atoms with E-state index in [-0.39, 0.29) is 12.5 Å². The molecule has 0 unspecified atom stereocenters. The maximum absolute atomic E-state index is 12.5. The number of hydrogen-bond donors (Lipinski definition) is 0. The Morgan fingerprint density at radius 1 is 1.17 bits per heavy atom. The van der Waals surface area contributed by atoms with Gasteiger partial charge in [-0.3, -0.25) is 9.48 Å². The van der Waals surface area contributed by atoms with Gasteiger partial charge >= 0.3 is 0 Å². The number of rotatable bonds is 5. The van der Waals surface area contributed by atoms with Crippen LogP contribution in [0.4, 0.5) is 5.82 Å². The zero-order chi connectivity index (χ0) is 20.5. The van der Waals surface area contributed by atoms with Crippen LogP contribution in [0.3, 0.4) is 0 Å². The van der Waals surface area contributed by atoms with Crippen molar-refractivity contribution in [1.82, 2.24) is 29.6 Å². The summed E-state index contributed by atoms with van der Waals surface area (Å²) in [7, 11) is 1.87. The molecular weight excluding hydrogens is 402 g/mol. The number of aryl methyl sites for hydroxylation is 1. The number of nitrogens with zero attached hydrogens (tertiary/aromatic N) is 7. The molecule has 30 heavy (non-hydrogen) atoms. The summed E-state index contributed by atoms with van der Waals surface area (Å²) in [5.74, 6) is 0.872. The lowest BCUT2D eigenvalue weighted by Crippen LogP contribution is -2.50. The minimum atomic E-state index is 0.00460. The molecule has 1 saturated heterocycles. The third kappa shape index (κ3) is 3.59. The summed E-state index contributed by atoms with van der Waals surface area (Å²) in [5.41, 5.74) is 1.78. The van der Waals surface area contributed by atoms with E-state index >= 15 is 0 Å². The van der Waals surface area contributed by atoms with E-state index < -0.39 is 0 Å². The fourth-order valence-corrected chi connectivity index (χ4v) is 4.57. The second-order valence-electron chi connectivity index (χ2n) is 7.14. The maximum Gasteiger partial charge on any atom is 0.248 e. The molecule has 0 N–H and O–H groups in total. The maximum atomic E-state index is 12.5. The van der Waals surface area contributed by atoms with E-state index in [9.17, 15) is 4.79 Å². The van der Waals surface area contributed by atoms with Gasteiger partial charge in [-0.05, 0) is 12.1 Å². The molecule has 5 rings (SSSR count). The Morgan fingerprint density at radius 3 is 2.83 bits per heavy atom. The predicted molar refractivity (Wildman–Crippen MR) is 114 cm³/mol. The van der Waals surface area contributed by atoms with Crippen molar-refractivity contribution in [3.8, 4) is 0 Å². The molecule has 0 aliphatic carbocycles. The summed E-state index contributed by atoms with van der Waals surface area (Å²) >= 11 is 1.60. The lowest BCUT2D eigenvalue weighted by molar-refractivity contribution is -0.136. The van der Waals surface area contributed by atoms with Gasteiger partial charge in [-0.15, -0.1) is 11.3 Å². The van der Waals surface area contributed by atoms with E-state index in [1.165, 1.54) is 0 Å². The minimum absolute atomic E-state index is 0.00460. The van der Waals surface area contributed by atoms with Crippen LogP contribution >= 0.6 is 11.3 Å². The van der Waals surface area contributed by atoms with Crippen LogP contribution in [-0.4, -0.2) is 68.3 Å². The van der Waals surface area contributed by atoms with E-state index in [1.54, 1.807) is 28.5 Å². The average molecular weight is 424 g/mol. The van der Waals surface area contributed by atoms with E-state index in [2.05, 4.69) is 25.0 Å². The summed E-state index contributed by atoms with van der Waals surface area (Å²) in [6.07, 6.45) is 3.35. The van der Waals surface area contributed by atoms with Crippen molar-refractivity contribution in [2.75, 3.05) is 37.7 Å². The molecule has 0 saturated carbocycles. The quantitative estimate of drug-likeness (QED) is 0.484. The number of piperazine rings is 1. The zero-order valence-corrected chi connectivity index (χ0v) is 17.4. The Bertz CT molecular complexity index is 1160. The number of thiazole rings is 1. The van der Waals surface area contributed by atoms with Crippen molar-refractivity contribution in [1.29, 1.82) is 0 Å². The van der Waals surface area contributed by atoms with Crippen LogP contribution in [0.25, 0.3) is 21.3 Å². The first-order chi connectivity index (χ1) is 14.7. The summed E-state index contributed by atoms with van der Waals surface area (Å²) in [6, 6.07) is 7.99. The normalized spacial score (nSPS) is 14.7. The summed E-state index contributed by atoms with van der Waals surface area (Å²) in [4.78, 5) is 29.8. The number of aromatic nitrogens is 5. The van der Waals surface area contributed by atoms with Gasteiger partial charge in [0.05, 0.1) is 28.4 Å². The highest BCUT2D eigenvalue weighted by atomic mass is 32.1. The van der Waals surface area contributed by atoms with Crippen molar-refractivity contribution < 1.29 is 9.53 Å². The molecule has 0 bridgehead atoms. The molecule has 1 aromatic carbocycles. The minimum Gasteiger partial charge on any atom is -0.364 e. The molecule has 10 heteroatoms. The number of anilines is 1. The average Bonchev–Trinajstić information content (AvgIpc) is 3.37. The number of carbonyl (C=O) groups excluding carboxylic acids is 1. The van der Waals surface area contributed by atoms with Crippen molar-refractivity contribution in [3.05, 3.63) is 41.8 Å². The Kier molecular flexibility index (Phi) is 5.01. The first kappa shape index (κ1) is 18.9. The number of carbonyl (C=O) groups is 1. The fraction of sp³-hybridized carbons (Fsp3) is 0.350. The largest absolute Gasteiger partial charge is 0.364 e. The lowest BCUT2D eigenvalue weighted by Gasteiger charge is -2.35. The van der Waals surface area contributed by atoms with E-state index in [1.807, 2.05) is 36.2 Å². The Labute approximate surface area is 176 Å². The monoisotopic (exact) mass is 423 g/mol. The van der Waals surface area contributed by atoms with Crippen LogP contribution in [0, 0.1) is 0 Å². The molecule has 1 fully saturated rings. The number of benzene rings is 1. The number of amides is 1. The van der Waals surface area contributed by atoms with Crippen LogP contribution in [-0.2, 0) is 23.2 Å². The third-order valence-corrected chi connectivity index (χ3v) is 6.24. The molecule has 1 aliphatic rings. The molecule has 0 radical (unpaired) electrons. The first-order valence-corrected chi connectivity index (χ1v) is 10.6. The molecular formula is C20H21N7O2S. The highest BCUT2D eigenvalue weighted by Gasteiger charge is 2.24. The van der Waals surface area contributed by atoms with Gasteiger partial charge in [-0.2, -0.15) is 5.10 Å². The van der Waals surface area contributed by atoms with Crippen molar-refractivity contribution in [2.45, 2.75) is 6.61 Å². The Balaban J connectivity index is 1.15. The van der Waals surface area contributed by atoms with Gasteiger partial charge in [0.2, 0.25) is 5.91 Å². The highest BCUT2D eigenvalue weighted by Crippen LogP contribution is 2.24. The standard InChI is InChI=1S/C20H21N7O2S/c1-25-19-14(10-23-25)20(22-13-21-19)27-8-6-26(7-9-27)18(28)12-29-11-17-24-15-4-2-3-5-16(15)30-17/h2-5,10,13H,6-9,11-12H2,1H3. The number of ether oxygens (including phenoxy) is 1. The van der Waals surface area contributed by atoms with Crippen LogP contribution in [0.1, 0.15) is 5.01 Å². The van der Waals surface area contributed by atoms with Crippen LogP contribution < -0.4 is 4.90 Å². The van der Waals surface area contributed by atoms with Crippen LogP contribution in [0.2, 0.25) is 0 Å². The molecule has 9 nitrogen and oxygen atoms in total. The van der Waals surface area contributed by atoms with Gasteiger partial charge in [-0.25, -0.2) is 15.0 Å². The number of fused-ring (bicyclic) bond motifs is 2. The van der Waals surface area contributed by atoms with E-state index in [0.717, 1.165) is 32.1 Å². The summed E-state index contributed by atoms with van der Waals surface area (Å²) in [6.45, 7) is 3.11. The summed E-state index contributed by atoms with van der Waals surface area (Å²) < 4.78 is 8.52. The fourth-order valence-electron chi connectivity index (χ4n) is 3.67. The summed E-state index contributed by atoms with van der Waals surface area (Å²) in [5, 5.41) is 6.09. The van der Waals surface area contributed by atoms with E-state index in [4.69, 9.17) is 4.74 Å². The SMILES string of the molecule is Cn1ncc2c(N3CCN(C(=O)COCc4nc5ccccc5s4)CC3)ncnc21. The molecule has 4 heterocycles. The second kappa shape index (κ2) is 7.96. The number of para-hydroxylation sites is 1. The van der Waals surface area contributed by atoms with Gasteiger partial charge in [0, 0.05) is 33.2 Å². The molecule has 3 aromatic heterocycles. The van der Waals surface area contributed by atoms with Crippen LogP contribution in [0.15, 0.2) is 36.8 Å². The van der Waals surface area contributed by atoms with Crippen molar-refractivity contribution >= 4 is 44.3 Å². The topological polar surface area (TPSA) is 89.3 Å². The molecule has 154 valence electrons. The first-order valence-electron chi connectivity index (χ1n) is 9.76. The molecule has 0 spiro atoms. The number of hydrogen-bond acceptors (Lipinski definition) is 8. The Morgan fingerprint density at radius 2 is 2.00 bits per heavy atom. The predicted octanol–water partition coefficient (Wildman–Crippen LogP) is 1.84. The molecule has 1 aliphatic heterocycles. The smallest absolute Gasteiger partial charge is 0.248 e. The highest BCUT2D eigenvalue weighted by molar-refractivity contribution is 7.18. The van der Waals surface area contributed by atoms with E-state index in [0.29, 0.717) is 32.8 Å². The van der Waals surface area contributed by atoms with Gasteiger partial charge < -0.3 is 14.5 Å². The van der Waals surface area contributed by atoms with Crippen LogP contribution in [0.5, 0.6) is 0 Å². The van der Waals surface area contributed by atoms with Gasteiger partial charge in [0.1, 0.15) is 23.8 Å². The van der Waals surface area contributed by atoms with Gasteiger partial charge in [0.15, 0.2) is 5.65 Å². The van der Waals surface area contributed by atoms with Crippen molar-refractivity contribution in [2.24, 2.45) is 7.05 Å². The van der Waals surface area contributed by atoms with Gasteiger partial charge in [0.25, 0.3) is 0 Å². The Hall–Kier alpha value is -3.11. The molecule has 1 amide bonds. The third-order valence-electron chi connectivity index (χ3n) is 5.23. The second-order valence-corrected chi connectivity index (χ2v) is 8.25. The zero-order valence-electron chi connectivity index (χ0n) is 16.6. The lowest BCUT2D eigenvalue weighted by atomic mass is 10.2. The molecule has 4 aromatic rings. The van der Waals surface area contributed by atoms with Gasteiger partial charge in [-0.1, -0.05) is 12.1 Å². The molecule has 0 atom stereocenters.